The molecule has 2 aromatic rings. The van der Waals surface area contributed by atoms with Crippen LogP contribution in [0.2, 0.25) is 0 Å². The smallest absolute Gasteiger partial charge is 0.274 e. The Morgan fingerprint density at radius 2 is 1.96 bits per heavy atom. The van der Waals surface area contributed by atoms with Gasteiger partial charge in [-0.05, 0) is 13.8 Å². The lowest BCUT2D eigenvalue weighted by atomic mass is 10.2. The first kappa shape index (κ1) is 20.3. The van der Waals surface area contributed by atoms with E-state index in [4.69, 9.17) is 0 Å². The Morgan fingerprint density at radius 3 is 2.54 bits per heavy atom. The van der Waals surface area contributed by atoms with Crippen molar-refractivity contribution in [2.45, 2.75) is 26.9 Å². The highest BCUT2D eigenvalue weighted by atomic mass is 127. The van der Waals surface area contributed by atoms with Crippen LogP contribution >= 0.6 is 35.3 Å². The van der Waals surface area contributed by atoms with Crippen LogP contribution in [0.15, 0.2) is 29.3 Å². The van der Waals surface area contributed by atoms with E-state index in [0.717, 1.165) is 10.7 Å². The summed E-state index contributed by atoms with van der Waals surface area (Å²) in [5.41, 5.74) is 1.75. The normalized spacial score (nSPS) is 10.9. The molecule has 0 saturated heterocycles. The Hall–Kier alpha value is -1.75. The third kappa shape index (κ3) is 5.41. The molecule has 0 unspecified atom stereocenters. The van der Waals surface area contributed by atoms with E-state index in [2.05, 4.69) is 20.6 Å². The second kappa shape index (κ2) is 9.52. The number of thiazole rings is 1. The van der Waals surface area contributed by atoms with E-state index in [-0.39, 0.29) is 34.6 Å². The van der Waals surface area contributed by atoms with Crippen molar-refractivity contribution in [3.8, 4) is 0 Å². The highest BCUT2D eigenvalue weighted by Crippen LogP contribution is 2.17. The number of nitro groups is 1. The number of aliphatic imine (C=N–C) groups is 1. The highest BCUT2D eigenvalue weighted by Gasteiger charge is 2.12. The number of nitrogens with zero attached hydrogens (tertiary/aromatic N) is 3. The molecule has 0 aliphatic heterocycles. The summed E-state index contributed by atoms with van der Waals surface area (Å²) in [6.07, 6.45) is 0. The van der Waals surface area contributed by atoms with Crippen molar-refractivity contribution >= 4 is 47.0 Å². The monoisotopic (exact) mass is 461 g/mol. The van der Waals surface area contributed by atoms with Crippen molar-refractivity contribution in [1.29, 1.82) is 0 Å². The summed E-state index contributed by atoms with van der Waals surface area (Å²) in [6.45, 7) is 4.91. The number of hydrogen-bond donors (Lipinski definition) is 2. The lowest BCUT2D eigenvalue weighted by molar-refractivity contribution is -0.385. The predicted octanol–water partition coefficient (Wildman–Crippen LogP) is 3.15. The van der Waals surface area contributed by atoms with Gasteiger partial charge in [0.2, 0.25) is 0 Å². The lowest BCUT2D eigenvalue weighted by Gasteiger charge is -2.11. The zero-order valence-electron chi connectivity index (χ0n) is 13.7. The number of halogens is 1. The molecule has 0 aliphatic rings. The maximum absolute atomic E-state index is 11.0. The van der Waals surface area contributed by atoms with Crippen LogP contribution in [0, 0.1) is 24.0 Å². The van der Waals surface area contributed by atoms with E-state index in [1.54, 1.807) is 36.6 Å². The zero-order valence-corrected chi connectivity index (χ0v) is 16.8. The fraction of sp³-hybridized carbons (Fsp3) is 0.333. The minimum Gasteiger partial charge on any atom is -0.352 e. The van der Waals surface area contributed by atoms with Crippen molar-refractivity contribution in [3.63, 3.8) is 0 Å². The standard InChI is InChI=1S/C15H19N5O2S.HI/c1-10-11(2)23-14(19-10)9-18-15(16-3)17-8-12-6-4-5-7-13(12)20(21)22;/h4-7H,8-9H2,1-3H3,(H2,16,17,18);1H. The van der Waals surface area contributed by atoms with Crippen LogP contribution in [0.25, 0.3) is 0 Å². The number of guanidine groups is 1. The Bertz CT molecular complexity index is 713. The highest BCUT2D eigenvalue weighted by molar-refractivity contribution is 14.0. The topological polar surface area (TPSA) is 92.5 Å². The molecule has 2 N–H and O–H groups in total. The van der Waals surface area contributed by atoms with Crippen LogP contribution in [-0.4, -0.2) is 22.9 Å². The molecular formula is C15H20IN5O2S. The molecule has 0 atom stereocenters. The average molecular weight is 461 g/mol. The van der Waals surface area contributed by atoms with Crippen LogP contribution < -0.4 is 10.6 Å². The Labute approximate surface area is 161 Å². The van der Waals surface area contributed by atoms with Crippen molar-refractivity contribution in [1.82, 2.24) is 15.6 Å². The predicted molar refractivity (Wildman–Crippen MR) is 107 cm³/mol. The van der Waals surface area contributed by atoms with Gasteiger partial charge in [-0.15, -0.1) is 35.3 Å². The van der Waals surface area contributed by atoms with Gasteiger partial charge in [0.15, 0.2) is 5.96 Å². The lowest BCUT2D eigenvalue weighted by Crippen LogP contribution is -2.36. The average Bonchev–Trinajstić information content (AvgIpc) is 2.86. The minimum absolute atomic E-state index is 0. The third-order valence-electron chi connectivity index (χ3n) is 3.34. The number of benzene rings is 1. The van der Waals surface area contributed by atoms with Crippen LogP contribution in [0.5, 0.6) is 0 Å². The second-order valence-corrected chi connectivity index (χ2v) is 6.20. The van der Waals surface area contributed by atoms with Gasteiger partial charge in [-0.3, -0.25) is 15.1 Å². The molecule has 0 bridgehead atoms. The van der Waals surface area contributed by atoms with Crippen molar-refractivity contribution in [2.75, 3.05) is 7.05 Å². The molecule has 24 heavy (non-hydrogen) atoms. The Kier molecular flexibility index (Phi) is 8.05. The molecule has 9 heteroatoms. The summed E-state index contributed by atoms with van der Waals surface area (Å²) in [4.78, 5) is 20.4. The molecule has 1 aromatic carbocycles. The first-order valence-electron chi connectivity index (χ1n) is 7.11. The van der Waals surface area contributed by atoms with E-state index >= 15 is 0 Å². The van der Waals surface area contributed by atoms with Gasteiger partial charge in [-0.1, -0.05) is 18.2 Å². The summed E-state index contributed by atoms with van der Waals surface area (Å²) in [7, 11) is 1.66. The van der Waals surface area contributed by atoms with Gasteiger partial charge < -0.3 is 10.6 Å². The maximum Gasteiger partial charge on any atom is 0.274 e. The van der Waals surface area contributed by atoms with Crippen LogP contribution in [-0.2, 0) is 13.1 Å². The molecule has 0 saturated carbocycles. The molecule has 0 spiro atoms. The van der Waals surface area contributed by atoms with E-state index in [0.29, 0.717) is 24.6 Å². The van der Waals surface area contributed by atoms with Crippen molar-refractivity contribution in [3.05, 3.63) is 55.5 Å². The molecule has 7 nitrogen and oxygen atoms in total. The van der Waals surface area contributed by atoms with Crippen molar-refractivity contribution < 1.29 is 4.92 Å². The van der Waals surface area contributed by atoms with E-state index < -0.39 is 0 Å². The van der Waals surface area contributed by atoms with E-state index in [1.165, 1.54) is 10.9 Å². The number of nitro benzene ring substituents is 1. The number of rotatable bonds is 5. The van der Waals surface area contributed by atoms with Gasteiger partial charge in [0.05, 0.1) is 17.2 Å². The molecule has 0 fully saturated rings. The van der Waals surface area contributed by atoms with Crippen LogP contribution in [0.3, 0.4) is 0 Å². The summed E-state index contributed by atoms with van der Waals surface area (Å²) in [5.74, 6) is 0.577. The first-order valence-corrected chi connectivity index (χ1v) is 7.92. The SMILES string of the molecule is CN=C(NCc1nc(C)c(C)s1)NCc1ccccc1[N+](=O)[O-].I. The van der Waals surface area contributed by atoms with Gasteiger partial charge in [0.25, 0.3) is 5.69 Å². The molecule has 2 rings (SSSR count). The molecule has 0 amide bonds. The van der Waals surface area contributed by atoms with Gasteiger partial charge in [-0.25, -0.2) is 4.98 Å². The number of nitrogens with one attached hydrogen (secondary N) is 2. The fourth-order valence-corrected chi connectivity index (χ4v) is 2.89. The number of aryl methyl sites for hydroxylation is 2. The largest absolute Gasteiger partial charge is 0.352 e. The van der Waals surface area contributed by atoms with Gasteiger partial charge >= 0.3 is 0 Å². The van der Waals surface area contributed by atoms with Crippen LogP contribution in [0.4, 0.5) is 5.69 Å². The molecule has 130 valence electrons. The zero-order chi connectivity index (χ0) is 16.8. The van der Waals surface area contributed by atoms with Crippen molar-refractivity contribution in [2.24, 2.45) is 4.99 Å². The second-order valence-electron chi connectivity index (χ2n) is 4.91. The molecule has 0 radical (unpaired) electrons. The van der Waals surface area contributed by atoms with Gasteiger partial charge in [0, 0.05) is 30.1 Å². The molecule has 1 heterocycles. The maximum atomic E-state index is 11.0. The van der Waals surface area contributed by atoms with E-state index in [1.807, 2.05) is 13.8 Å². The number of aromatic nitrogens is 1. The molecular weight excluding hydrogens is 441 g/mol. The molecule has 0 aliphatic carbocycles. The summed E-state index contributed by atoms with van der Waals surface area (Å²) in [5, 5.41) is 18.2. The first-order chi connectivity index (χ1) is 11.0. The Morgan fingerprint density at radius 1 is 1.29 bits per heavy atom. The van der Waals surface area contributed by atoms with Crippen LogP contribution in [0.1, 0.15) is 21.1 Å². The summed E-state index contributed by atoms with van der Waals surface area (Å²) < 4.78 is 0. The Balaban J connectivity index is 0.00000288. The van der Waals surface area contributed by atoms with E-state index in [9.17, 15) is 10.1 Å². The summed E-state index contributed by atoms with van der Waals surface area (Å²) in [6, 6.07) is 6.66. The number of hydrogen-bond acceptors (Lipinski definition) is 5. The minimum atomic E-state index is -0.381. The summed E-state index contributed by atoms with van der Waals surface area (Å²) >= 11 is 1.64. The van der Waals surface area contributed by atoms with Gasteiger partial charge in [-0.2, -0.15) is 0 Å². The number of para-hydroxylation sites is 1. The quantitative estimate of drug-likeness (QED) is 0.235. The third-order valence-corrected chi connectivity index (χ3v) is 4.41. The van der Waals surface area contributed by atoms with Gasteiger partial charge in [0.1, 0.15) is 5.01 Å². The fourth-order valence-electron chi connectivity index (χ4n) is 2.01. The molecule has 1 aromatic heterocycles.